The molecule has 0 saturated carbocycles. The summed E-state index contributed by atoms with van der Waals surface area (Å²) in [5.41, 5.74) is 1.94. The number of aromatic nitrogens is 2. The molecule has 0 bridgehead atoms. The second-order valence-electron chi connectivity index (χ2n) is 11.4. The van der Waals surface area contributed by atoms with Gasteiger partial charge >= 0.3 is 0 Å². The van der Waals surface area contributed by atoms with Crippen molar-refractivity contribution in [2.24, 2.45) is 10.8 Å². The molecule has 0 N–H and O–H groups in total. The van der Waals surface area contributed by atoms with Crippen LogP contribution in [0.5, 0.6) is 0 Å². The molecule has 4 nitrogen and oxygen atoms in total. The molecule has 0 unspecified atom stereocenters. The van der Waals surface area contributed by atoms with E-state index in [2.05, 4.69) is 50.1 Å². The second-order valence-corrected chi connectivity index (χ2v) is 14.3. The highest BCUT2D eigenvalue weighted by Gasteiger charge is 2.34. The largest absolute Gasteiger partial charge is 0.293 e. The lowest BCUT2D eigenvalue weighted by atomic mass is 9.86. The van der Waals surface area contributed by atoms with Crippen molar-refractivity contribution in [2.75, 3.05) is 11.5 Å². The van der Waals surface area contributed by atoms with Crippen LogP contribution in [0.4, 0.5) is 0 Å². The number of carbonyl (C=O) groups is 1. The zero-order chi connectivity index (χ0) is 26.4. The number of hydrogen-bond donors (Lipinski definition) is 0. The van der Waals surface area contributed by atoms with E-state index in [-0.39, 0.29) is 11.2 Å². The van der Waals surface area contributed by atoms with Crippen molar-refractivity contribution in [1.82, 2.24) is 9.78 Å². The van der Waals surface area contributed by atoms with Gasteiger partial charge in [-0.3, -0.25) is 9.00 Å². The van der Waals surface area contributed by atoms with Gasteiger partial charge in [0.05, 0.1) is 10.6 Å². The van der Waals surface area contributed by atoms with Gasteiger partial charge in [0.1, 0.15) is 0 Å². The monoisotopic (exact) mass is 504 g/mol. The molecular weight excluding hydrogens is 464 g/mol. The highest BCUT2D eigenvalue weighted by molar-refractivity contribution is 8.04. The summed E-state index contributed by atoms with van der Waals surface area (Å²) in [6.07, 6.45) is 6.85. The van der Waals surface area contributed by atoms with Gasteiger partial charge in [0.25, 0.3) is 0 Å². The maximum Gasteiger partial charge on any atom is 0.178 e. The van der Waals surface area contributed by atoms with Crippen LogP contribution in [-0.4, -0.2) is 36.1 Å². The Kier molecular flexibility index (Phi) is 8.78. The maximum absolute atomic E-state index is 15.2. The Bertz CT molecular complexity index is 1230. The Hall–Kier alpha value is -2.92. The molecule has 0 spiro atoms. The summed E-state index contributed by atoms with van der Waals surface area (Å²) in [6.45, 7) is 12.0. The number of Topliss-reactive ketones (excluding diaryl/α,β-unsaturated/α-hetero) is 1. The standard InChI is InChI=1S/C31H40N2O2S/c1-30(2,3)24-27(33-21-13-20-32-33)28(29(34)31(4,5)6)36(35,22-18-25-14-9-7-10-15-25)23-19-26-16-11-8-12-17-26/h7-17,20-21,24H,18-19,22-23H2,1-6H3/b27-24+. The highest BCUT2D eigenvalue weighted by Crippen LogP contribution is 2.27. The molecule has 0 amide bonds. The number of benzene rings is 2. The van der Waals surface area contributed by atoms with Crippen LogP contribution in [0, 0.1) is 10.8 Å². The molecule has 1 heterocycles. The third-order valence-electron chi connectivity index (χ3n) is 5.94. The minimum absolute atomic E-state index is 0.0837. The normalized spacial score (nSPS) is 13.0. The fourth-order valence-corrected chi connectivity index (χ4v) is 6.96. The second kappa shape index (κ2) is 11.4. The van der Waals surface area contributed by atoms with E-state index in [1.807, 2.05) is 75.5 Å². The molecule has 0 aliphatic heterocycles. The first-order valence-corrected chi connectivity index (χ1v) is 14.5. The first-order valence-electron chi connectivity index (χ1n) is 12.6. The molecule has 3 aromatic rings. The maximum atomic E-state index is 15.2. The van der Waals surface area contributed by atoms with Crippen molar-refractivity contribution in [2.45, 2.75) is 54.4 Å². The summed E-state index contributed by atoms with van der Waals surface area (Å²) in [4.78, 5) is 14.6. The molecule has 0 fully saturated rings. The van der Waals surface area contributed by atoms with E-state index < -0.39 is 14.9 Å². The zero-order valence-corrected chi connectivity index (χ0v) is 23.3. The van der Waals surface area contributed by atoms with Gasteiger partial charge in [0.15, 0.2) is 5.78 Å². The van der Waals surface area contributed by atoms with Crippen molar-refractivity contribution >= 4 is 25.9 Å². The summed E-state index contributed by atoms with van der Waals surface area (Å²) < 4.78 is 16.9. The Balaban J connectivity index is 2.27. The van der Waals surface area contributed by atoms with Crippen molar-refractivity contribution in [3.05, 3.63) is 96.3 Å². The number of ketones is 1. The van der Waals surface area contributed by atoms with E-state index in [0.717, 1.165) is 11.1 Å². The van der Waals surface area contributed by atoms with E-state index in [0.29, 0.717) is 34.9 Å². The van der Waals surface area contributed by atoms with Crippen molar-refractivity contribution < 1.29 is 9.00 Å². The van der Waals surface area contributed by atoms with Gasteiger partial charge in [-0.25, -0.2) is 4.68 Å². The van der Waals surface area contributed by atoms with Gasteiger partial charge in [-0.05, 0) is 45.0 Å². The van der Waals surface area contributed by atoms with Crippen LogP contribution in [0.2, 0.25) is 0 Å². The van der Waals surface area contributed by atoms with Crippen molar-refractivity contribution in [1.29, 1.82) is 0 Å². The third kappa shape index (κ3) is 7.54. The van der Waals surface area contributed by atoms with Crippen LogP contribution in [0.15, 0.2) is 85.2 Å². The molecule has 3 rings (SSSR count). The SMILES string of the molecule is CC(C)(C)/C=C(\C(C(=O)C(C)(C)C)=S(=O)(CCc1ccccc1)CCc1ccccc1)n1cccn1. The number of nitrogens with zero attached hydrogens (tertiary/aromatic N) is 2. The molecule has 0 radical (unpaired) electrons. The predicted octanol–water partition coefficient (Wildman–Crippen LogP) is 6.33. The molecule has 0 atom stereocenters. The van der Waals surface area contributed by atoms with Crippen LogP contribution in [-0.2, 0) is 27.2 Å². The topological polar surface area (TPSA) is 52.0 Å². The Morgan fingerprint density at radius 2 is 1.33 bits per heavy atom. The number of hydrogen-bond acceptors (Lipinski definition) is 3. The predicted molar refractivity (Wildman–Crippen MR) is 154 cm³/mol. The molecule has 1 aromatic heterocycles. The number of rotatable bonds is 9. The lowest BCUT2D eigenvalue weighted by Gasteiger charge is -2.27. The van der Waals surface area contributed by atoms with Gasteiger partial charge in [0, 0.05) is 29.3 Å². The molecule has 0 saturated heterocycles. The van der Waals surface area contributed by atoms with Crippen molar-refractivity contribution in [3.63, 3.8) is 0 Å². The summed E-state index contributed by atoms with van der Waals surface area (Å²) in [7, 11) is -2.77. The van der Waals surface area contributed by atoms with Crippen LogP contribution in [0.25, 0.3) is 5.70 Å². The summed E-state index contributed by atoms with van der Waals surface area (Å²) in [5, 5.41) is 4.49. The van der Waals surface area contributed by atoms with Gasteiger partial charge in [-0.2, -0.15) is 5.10 Å². The molecule has 5 heteroatoms. The molecule has 0 aliphatic carbocycles. The summed E-state index contributed by atoms with van der Waals surface area (Å²) >= 11 is 0. The average molecular weight is 505 g/mol. The highest BCUT2D eigenvalue weighted by atomic mass is 32.2. The quantitative estimate of drug-likeness (QED) is 0.253. The Morgan fingerprint density at radius 3 is 1.72 bits per heavy atom. The first kappa shape index (κ1) is 27.7. The van der Waals surface area contributed by atoms with E-state index >= 15 is 4.21 Å². The van der Waals surface area contributed by atoms with E-state index in [4.69, 9.17) is 0 Å². The zero-order valence-electron chi connectivity index (χ0n) is 22.5. The number of allylic oxidation sites excluding steroid dienone is 2. The van der Waals surface area contributed by atoms with Gasteiger partial charge < -0.3 is 0 Å². The molecule has 36 heavy (non-hydrogen) atoms. The Morgan fingerprint density at radius 1 is 0.833 bits per heavy atom. The minimum Gasteiger partial charge on any atom is -0.293 e. The summed E-state index contributed by atoms with van der Waals surface area (Å²) in [6, 6.07) is 22.0. The van der Waals surface area contributed by atoms with E-state index in [1.54, 1.807) is 10.9 Å². The molecular formula is C31H40N2O2S. The average Bonchev–Trinajstić information content (AvgIpc) is 3.36. The van der Waals surface area contributed by atoms with Crippen LogP contribution >= 0.6 is 0 Å². The minimum atomic E-state index is -2.77. The van der Waals surface area contributed by atoms with E-state index in [9.17, 15) is 4.79 Å². The van der Waals surface area contributed by atoms with Gasteiger partial charge in [-0.15, -0.1) is 0 Å². The first-order chi connectivity index (χ1) is 16.9. The van der Waals surface area contributed by atoms with Crippen molar-refractivity contribution in [3.8, 4) is 0 Å². The summed E-state index contributed by atoms with van der Waals surface area (Å²) in [5.74, 6) is 0.729. The fourth-order valence-electron chi connectivity index (χ4n) is 4.03. The number of aryl methyl sites for hydroxylation is 2. The lowest BCUT2D eigenvalue weighted by Crippen LogP contribution is -2.38. The number of carbonyl (C=O) groups excluding carboxylic acids is 1. The molecule has 2 aromatic carbocycles. The fraction of sp³-hybridized carbons (Fsp3) is 0.387. The Labute approximate surface area is 217 Å². The smallest absolute Gasteiger partial charge is 0.178 e. The van der Waals surface area contributed by atoms with Gasteiger partial charge in [-0.1, -0.05) is 108 Å². The van der Waals surface area contributed by atoms with Crippen LogP contribution in [0.1, 0.15) is 52.7 Å². The lowest BCUT2D eigenvalue weighted by molar-refractivity contribution is -0.119. The molecule has 0 aliphatic rings. The van der Waals surface area contributed by atoms with Gasteiger partial charge in [0.2, 0.25) is 0 Å². The van der Waals surface area contributed by atoms with Crippen LogP contribution < -0.4 is 0 Å². The van der Waals surface area contributed by atoms with E-state index in [1.165, 1.54) is 0 Å². The third-order valence-corrected chi connectivity index (χ3v) is 8.81. The van der Waals surface area contributed by atoms with Crippen LogP contribution in [0.3, 0.4) is 0 Å². The molecule has 192 valence electrons.